The zero-order chi connectivity index (χ0) is 22.8. The van der Waals surface area contributed by atoms with Crippen LogP contribution in [0.2, 0.25) is 0 Å². The van der Waals surface area contributed by atoms with Crippen LogP contribution in [0.15, 0.2) is 58.1 Å². The Kier molecular flexibility index (Phi) is 6.42. The molecule has 5 rings (SSSR count). The third-order valence-corrected chi connectivity index (χ3v) is 8.26. The molecule has 4 aromatic rings. The van der Waals surface area contributed by atoms with Crippen LogP contribution in [0.1, 0.15) is 50.3 Å². The van der Waals surface area contributed by atoms with Crippen molar-refractivity contribution >= 4 is 43.8 Å². The molecule has 170 valence electrons. The van der Waals surface area contributed by atoms with Gasteiger partial charge in [-0.05, 0) is 42.3 Å². The maximum atomic E-state index is 13.5. The van der Waals surface area contributed by atoms with Crippen LogP contribution in [0.3, 0.4) is 0 Å². The maximum absolute atomic E-state index is 13.5. The summed E-state index contributed by atoms with van der Waals surface area (Å²) in [6.07, 6.45) is 8.25. The Morgan fingerprint density at radius 3 is 2.76 bits per heavy atom. The van der Waals surface area contributed by atoms with E-state index in [9.17, 15) is 9.59 Å². The van der Waals surface area contributed by atoms with E-state index < -0.39 is 6.04 Å². The number of fused-ring (bicyclic) bond motifs is 1. The summed E-state index contributed by atoms with van der Waals surface area (Å²) in [6.45, 7) is 1.93. The van der Waals surface area contributed by atoms with Crippen molar-refractivity contribution in [2.24, 2.45) is 5.92 Å². The number of anilines is 1. The van der Waals surface area contributed by atoms with E-state index in [1.165, 1.54) is 35.3 Å². The van der Waals surface area contributed by atoms with Gasteiger partial charge in [-0.3, -0.25) is 9.59 Å². The number of aromatic nitrogens is 2. The third-order valence-electron chi connectivity index (χ3n) is 6.61. The zero-order valence-electron chi connectivity index (χ0n) is 18.6. The number of amides is 1. The van der Waals surface area contributed by atoms with E-state index in [-0.39, 0.29) is 11.5 Å². The molecule has 7 heteroatoms. The second kappa shape index (κ2) is 9.61. The highest BCUT2D eigenvalue weighted by Gasteiger charge is 2.28. The molecule has 1 N–H and O–H groups in total. The van der Waals surface area contributed by atoms with Gasteiger partial charge in [0.05, 0.1) is 0 Å². The fourth-order valence-corrected chi connectivity index (χ4v) is 6.51. The quantitative estimate of drug-likeness (QED) is 0.338. The SMILES string of the molecule is Cc1cc(-c2csc3ccccc23)cc(=O)n1[C@@H](CC1CCCCC1)C(=O)Nc1nccs1. The Balaban J connectivity index is 1.52. The number of nitrogens with one attached hydrogen (secondary N) is 1. The van der Waals surface area contributed by atoms with Crippen molar-refractivity contribution in [1.29, 1.82) is 0 Å². The number of rotatable bonds is 6. The predicted molar refractivity (Wildman–Crippen MR) is 137 cm³/mol. The van der Waals surface area contributed by atoms with Crippen molar-refractivity contribution in [3.8, 4) is 11.1 Å². The molecule has 0 bridgehead atoms. The van der Waals surface area contributed by atoms with Gasteiger partial charge in [-0.1, -0.05) is 50.3 Å². The molecule has 3 aromatic heterocycles. The molecule has 0 unspecified atom stereocenters. The molecule has 0 aliphatic heterocycles. The minimum absolute atomic E-state index is 0.129. The van der Waals surface area contributed by atoms with Crippen molar-refractivity contribution in [1.82, 2.24) is 9.55 Å². The molecule has 0 radical (unpaired) electrons. The molecule has 1 aliphatic carbocycles. The second-order valence-corrected chi connectivity index (χ2v) is 10.6. The van der Waals surface area contributed by atoms with E-state index in [1.54, 1.807) is 28.2 Å². The number of carbonyl (C=O) groups excluding carboxylic acids is 1. The normalized spacial score (nSPS) is 15.5. The molecule has 1 saturated carbocycles. The molecule has 33 heavy (non-hydrogen) atoms. The Hall–Kier alpha value is -2.77. The van der Waals surface area contributed by atoms with Gasteiger partial charge in [0.15, 0.2) is 5.13 Å². The molecule has 3 heterocycles. The molecule has 5 nitrogen and oxygen atoms in total. The molecule has 1 fully saturated rings. The molecular formula is C26H27N3O2S2. The highest BCUT2D eigenvalue weighted by atomic mass is 32.1. The van der Waals surface area contributed by atoms with Crippen molar-refractivity contribution in [2.45, 2.75) is 51.5 Å². The number of carbonyl (C=O) groups is 1. The molecule has 1 aromatic carbocycles. The van der Waals surface area contributed by atoms with Gasteiger partial charge in [0.1, 0.15) is 6.04 Å². The molecule has 1 amide bonds. The molecule has 1 atom stereocenters. The molecule has 0 spiro atoms. The van der Waals surface area contributed by atoms with E-state index in [1.807, 2.05) is 30.5 Å². The summed E-state index contributed by atoms with van der Waals surface area (Å²) >= 11 is 3.07. The van der Waals surface area contributed by atoms with E-state index >= 15 is 0 Å². The summed E-state index contributed by atoms with van der Waals surface area (Å²) in [7, 11) is 0. The standard InChI is InChI=1S/C26H27N3O2S2/c1-17-13-19(21-16-33-23-10-6-5-9-20(21)23)15-24(30)29(17)22(14-18-7-3-2-4-8-18)25(31)28-26-27-11-12-32-26/h5-6,9-13,15-16,18,22H,2-4,7-8,14H2,1H3,(H,27,28,31)/t22-/m0/s1. The van der Waals surface area contributed by atoms with Crippen molar-refractivity contribution in [3.63, 3.8) is 0 Å². The molecular weight excluding hydrogens is 450 g/mol. The van der Waals surface area contributed by atoms with E-state index in [4.69, 9.17) is 0 Å². The predicted octanol–water partition coefficient (Wildman–Crippen LogP) is 6.65. The van der Waals surface area contributed by atoms with Gasteiger partial charge in [-0.2, -0.15) is 0 Å². The van der Waals surface area contributed by atoms with Crippen LogP contribution in [-0.2, 0) is 4.79 Å². The number of thiazole rings is 1. The minimum atomic E-state index is -0.544. The number of thiophene rings is 1. The van der Waals surface area contributed by atoms with Crippen LogP contribution in [0.5, 0.6) is 0 Å². The number of hydrogen-bond acceptors (Lipinski definition) is 5. The van der Waals surface area contributed by atoms with Crippen molar-refractivity contribution in [3.05, 3.63) is 69.4 Å². The fourth-order valence-electron chi connectivity index (χ4n) is 5.01. The first-order valence-electron chi connectivity index (χ1n) is 11.5. The van der Waals surface area contributed by atoms with Gasteiger partial charge in [0.25, 0.3) is 5.56 Å². The summed E-state index contributed by atoms with van der Waals surface area (Å²) in [5.74, 6) is 0.298. The van der Waals surface area contributed by atoms with E-state index in [0.717, 1.165) is 35.0 Å². The number of pyridine rings is 1. The average molecular weight is 478 g/mol. The summed E-state index contributed by atoms with van der Waals surface area (Å²) in [6, 6.07) is 11.4. The number of aryl methyl sites for hydroxylation is 1. The van der Waals surface area contributed by atoms with Crippen molar-refractivity contribution < 1.29 is 4.79 Å². The van der Waals surface area contributed by atoms with E-state index in [2.05, 4.69) is 27.8 Å². The van der Waals surface area contributed by atoms with Gasteiger partial charge in [0, 0.05) is 39.0 Å². The van der Waals surface area contributed by atoms with Crippen molar-refractivity contribution in [2.75, 3.05) is 5.32 Å². The summed E-state index contributed by atoms with van der Waals surface area (Å²) in [5.41, 5.74) is 2.65. The summed E-state index contributed by atoms with van der Waals surface area (Å²) in [4.78, 5) is 31.0. The number of nitrogens with zero attached hydrogens (tertiary/aromatic N) is 2. The minimum Gasteiger partial charge on any atom is -0.300 e. The van der Waals surface area contributed by atoms with Gasteiger partial charge in [0.2, 0.25) is 5.91 Å². The van der Waals surface area contributed by atoms with Crippen LogP contribution >= 0.6 is 22.7 Å². The Morgan fingerprint density at radius 2 is 2.00 bits per heavy atom. The fraction of sp³-hybridized carbons (Fsp3) is 0.346. The monoisotopic (exact) mass is 477 g/mol. The summed E-state index contributed by atoms with van der Waals surface area (Å²) < 4.78 is 2.89. The lowest BCUT2D eigenvalue weighted by molar-refractivity contribution is -0.120. The van der Waals surface area contributed by atoms with Gasteiger partial charge >= 0.3 is 0 Å². The lowest BCUT2D eigenvalue weighted by Crippen LogP contribution is -2.36. The Bertz CT molecular complexity index is 1320. The lowest BCUT2D eigenvalue weighted by Gasteiger charge is -2.28. The maximum Gasteiger partial charge on any atom is 0.252 e. The van der Waals surface area contributed by atoms with Crippen LogP contribution in [0.25, 0.3) is 21.2 Å². The number of hydrogen-bond donors (Lipinski definition) is 1. The topological polar surface area (TPSA) is 64.0 Å². The van der Waals surface area contributed by atoms with Gasteiger partial charge < -0.3 is 9.88 Å². The average Bonchev–Trinajstić information content (AvgIpc) is 3.48. The summed E-state index contributed by atoms with van der Waals surface area (Å²) in [5, 5.41) is 8.61. The largest absolute Gasteiger partial charge is 0.300 e. The highest BCUT2D eigenvalue weighted by Crippen LogP contribution is 2.35. The smallest absolute Gasteiger partial charge is 0.252 e. The van der Waals surface area contributed by atoms with Gasteiger partial charge in [-0.25, -0.2) is 4.98 Å². The van der Waals surface area contributed by atoms with Crippen LogP contribution in [0, 0.1) is 12.8 Å². The first-order valence-corrected chi connectivity index (χ1v) is 13.3. The number of benzene rings is 1. The lowest BCUT2D eigenvalue weighted by atomic mass is 9.84. The molecule has 1 aliphatic rings. The zero-order valence-corrected chi connectivity index (χ0v) is 20.3. The van der Waals surface area contributed by atoms with E-state index in [0.29, 0.717) is 17.5 Å². The first kappa shape index (κ1) is 22.0. The Morgan fingerprint density at radius 1 is 1.18 bits per heavy atom. The van der Waals surface area contributed by atoms with Crippen LogP contribution < -0.4 is 10.9 Å². The molecule has 0 saturated heterocycles. The van der Waals surface area contributed by atoms with Gasteiger partial charge in [-0.15, -0.1) is 22.7 Å². The Labute approximate surface area is 201 Å². The van der Waals surface area contributed by atoms with Crippen LogP contribution in [0.4, 0.5) is 5.13 Å². The van der Waals surface area contributed by atoms with Crippen LogP contribution in [-0.4, -0.2) is 15.5 Å². The first-order chi connectivity index (χ1) is 16.1. The highest BCUT2D eigenvalue weighted by molar-refractivity contribution is 7.17. The second-order valence-electron chi connectivity index (χ2n) is 8.82. The third kappa shape index (κ3) is 4.66.